The van der Waals surface area contributed by atoms with Gasteiger partial charge in [0.05, 0.1) is 0 Å². The second kappa shape index (κ2) is 2.75. The summed E-state index contributed by atoms with van der Waals surface area (Å²) in [6.45, 7) is -0.218. The first-order valence-electron chi connectivity index (χ1n) is 2.38. The number of hydrogen-bond acceptors (Lipinski definition) is 0. The second-order valence-corrected chi connectivity index (χ2v) is 1.87. The zero-order chi connectivity index (χ0) is 9.28. The lowest BCUT2D eigenvalue weighted by atomic mass is 10.2. The van der Waals surface area contributed by atoms with E-state index < -0.39 is 17.7 Å². The van der Waals surface area contributed by atoms with Crippen LogP contribution in [0.5, 0.6) is 0 Å². The second-order valence-electron chi connectivity index (χ2n) is 1.87. The van der Waals surface area contributed by atoms with Crippen molar-refractivity contribution in [3.63, 3.8) is 0 Å². The first-order valence-corrected chi connectivity index (χ1v) is 2.38. The average Bonchev–Trinajstić information content (AvgIpc) is 1.83. The molecule has 65 valence electrons. The summed E-state index contributed by atoms with van der Waals surface area (Å²) in [6, 6.07) is 0. The van der Waals surface area contributed by atoms with Gasteiger partial charge in [-0.1, -0.05) is 0 Å². The minimum Gasteiger partial charge on any atom is -0.201 e. The van der Waals surface area contributed by atoms with Crippen molar-refractivity contribution in [2.75, 3.05) is 0 Å². The molecule has 0 atom stereocenters. The van der Waals surface area contributed by atoms with Crippen molar-refractivity contribution in [1.82, 2.24) is 0 Å². The van der Waals surface area contributed by atoms with E-state index in [4.69, 9.17) is 0 Å². The molecule has 0 N–H and O–H groups in total. The summed E-state index contributed by atoms with van der Waals surface area (Å²) < 4.78 is 69.7. The zero-order valence-corrected chi connectivity index (χ0v) is 5.27. The molecule has 0 aromatic carbocycles. The van der Waals surface area contributed by atoms with Crippen LogP contribution < -0.4 is 0 Å². The van der Waals surface area contributed by atoms with Gasteiger partial charge in [-0.2, -0.15) is 17.6 Å². The Bertz CT molecular complexity index is 164. The van der Waals surface area contributed by atoms with Gasteiger partial charge in [0.15, 0.2) is 6.33 Å². The van der Waals surface area contributed by atoms with Crippen molar-refractivity contribution >= 4 is 0 Å². The zero-order valence-electron chi connectivity index (χ0n) is 5.27. The van der Waals surface area contributed by atoms with Crippen LogP contribution in [0.1, 0.15) is 6.92 Å². The molecular weight excluding hydrogens is 174 g/mol. The summed E-state index contributed by atoms with van der Waals surface area (Å²) >= 11 is 0. The molecule has 0 heterocycles. The topological polar surface area (TPSA) is 0 Å². The third-order valence-corrected chi connectivity index (χ3v) is 0.910. The quantitative estimate of drug-likeness (QED) is 0.569. The van der Waals surface area contributed by atoms with Crippen LogP contribution in [-0.4, -0.2) is 11.8 Å². The molecule has 6 heteroatoms. The van der Waals surface area contributed by atoms with E-state index in [0.29, 0.717) is 0 Å². The maximum absolute atomic E-state index is 11.9. The van der Waals surface area contributed by atoms with Crippen LogP contribution in [-0.2, 0) is 0 Å². The number of alkyl halides is 4. The normalized spacial score (nSPS) is 15.4. The minimum atomic E-state index is -5.12. The third-order valence-electron chi connectivity index (χ3n) is 0.910. The summed E-state index contributed by atoms with van der Waals surface area (Å²) in [4.78, 5) is 0. The minimum absolute atomic E-state index is 0.168. The average molecular weight is 177 g/mol. The van der Waals surface area contributed by atoms with E-state index in [-0.39, 0.29) is 13.3 Å². The highest BCUT2D eigenvalue weighted by molar-refractivity contribution is 5.03. The highest BCUT2D eigenvalue weighted by Gasteiger charge is 2.56. The van der Waals surface area contributed by atoms with Crippen molar-refractivity contribution in [3.05, 3.63) is 12.2 Å². The predicted molar refractivity (Wildman–Crippen MR) is 24.5 cm³/mol. The molecule has 0 bridgehead atoms. The Morgan fingerprint density at radius 2 is 1.55 bits per heavy atom. The Balaban J connectivity index is 4.74. The highest BCUT2D eigenvalue weighted by atomic mass is 19.3. The summed E-state index contributed by atoms with van der Waals surface area (Å²) in [6.07, 6.45) is -0.168. The Morgan fingerprint density at radius 1 is 1.18 bits per heavy atom. The van der Waals surface area contributed by atoms with E-state index in [1.165, 1.54) is 0 Å². The van der Waals surface area contributed by atoms with Crippen LogP contribution in [0.2, 0.25) is 0 Å². The first-order chi connectivity index (χ1) is 4.73. The lowest BCUT2D eigenvalue weighted by Crippen LogP contribution is -2.38. The Labute approximate surface area is 58.5 Å². The van der Waals surface area contributed by atoms with E-state index in [1.54, 1.807) is 0 Å². The van der Waals surface area contributed by atoms with E-state index >= 15 is 0 Å². The summed E-state index contributed by atoms with van der Waals surface area (Å²) in [7, 11) is 0. The largest absolute Gasteiger partial charge is 0.363 e. The molecule has 0 spiro atoms. The van der Waals surface area contributed by atoms with E-state index in [0.717, 1.165) is 0 Å². The molecule has 0 aliphatic carbocycles. The van der Waals surface area contributed by atoms with Crippen LogP contribution in [0, 0.1) is 6.33 Å². The molecular formula is C5H3F6. The Kier molecular flexibility index (Phi) is 2.58. The van der Waals surface area contributed by atoms with Gasteiger partial charge >= 0.3 is 11.8 Å². The molecule has 0 aliphatic rings. The van der Waals surface area contributed by atoms with Crippen LogP contribution in [0.3, 0.4) is 0 Å². The van der Waals surface area contributed by atoms with Gasteiger partial charge in [0, 0.05) is 6.92 Å². The fourth-order valence-electron chi connectivity index (χ4n) is 0.252. The SMILES string of the molecule is CC(F)(F)C(F)(F)/C(F)=[C]\F. The molecule has 0 aromatic heterocycles. The van der Waals surface area contributed by atoms with Crippen LogP contribution in [0.25, 0.3) is 0 Å². The lowest BCUT2D eigenvalue weighted by Gasteiger charge is -2.19. The molecule has 0 fully saturated rings. The van der Waals surface area contributed by atoms with Crippen LogP contribution in [0.4, 0.5) is 26.3 Å². The molecule has 11 heavy (non-hydrogen) atoms. The molecule has 0 nitrogen and oxygen atoms in total. The van der Waals surface area contributed by atoms with Gasteiger partial charge in [0.2, 0.25) is 5.83 Å². The number of rotatable bonds is 2. The van der Waals surface area contributed by atoms with E-state index in [1.807, 2.05) is 0 Å². The Hall–Kier alpha value is -0.680. The molecule has 0 aliphatic heterocycles. The van der Waals surface area contributed by atoms with Gasteiger partial charge in [-0.3, -0.25) is 0 Å². The molecule has 0 rings (SSSR count). The standard InChI is InChI=1S/C5H3F6/c1-4(8,9)5(10,11)3(7)2-6/h1H3. The number of allylic oxidation sites excluding steroid dienone is 1. The van der Waals surface area contributed by atoms with Gasteiger partial charge in [-0.25, -0.2) is 8.78 Å². The van der Waals surface area contributed by atoms with Gasteiger partial charge in [0.25, 0.3) is 0 Å². The molecule has 1 radical (unpaired) electrons. The molecule has 0 amide bonds. The van der Waals surface area contributed by atoms with Crippen molar-refractivity contribution in [2.45, 2.75) is 18.8 Å². The smallest absolute Gasteiger partial charge is 0.201 e. The third kappa shape index (κ3) is 1.87. The van der Waals surface area contributed by atoms with Crippen molar-refractivity contribution < 1.29 is 26.3 Å². The van der Waals surface area contributed by atoms with Gasteiger partial charge in [0.1, 0.15) is 0 Å². The molecule has 0 aromatic rings. The summed E-state index contributed by atoms with van der Waals surface area (Å²) in [5, 5.41) is 0. The lowest BCUT2D eigenvalue weighted by molar-refractivity contribution is -0.184. The van der Waals surface area contributed by atoms with E-state index in [9.17, 15) is 26.3 Å². The molecule has 0 saturated carbocycles. The predicted octanol–water partition coefficient (Wildman–Crippen LogP) is 2.86. The van der Waals surface area contributed by atoms with Gasteiger partial charge < -0.3 is 0 Å². The molecule has 0 unspecified atom stereocenters. The van der Waals surface area contributed by atoms with Gasteiger partial charge in [-0.15, -0.1) is 0 Å². The van der Waals surface area contributed by atoms with Gasteiger partial charge in [-0.05, 0) is 0 Å². The van der Waals surface area contributed by atoms with Crippen LogP contribution >= 0.6 is 0 Å². The summed E-state index contributed by atoms with van der Waals surface area (Å²) in [5.41, 5.74) is 0. The fraction of sp³-hybridized carbons (Fsp3) is 0.600. The first kappa shape index (κ1) is 10.3. The Morgan fingerprint density at radius 3 is 1.64 bits per heavy atom. The van der Waals surface area contributed by atoms with Crippen LogP contribution in [0.15, 0.2) is 5.83 Å². The van der Waals surface area contributed by atoms with Crippen molar-refractivity contribution in [1.29, 1.82) is 0 Å². The monoisotopic (exact) mass is 177 g/mol. The van der Waals surface area contributed by atoms with Crippen molar-refractivity contribution in [2.24, 2.45) is 0 Å². The maximum Gasteiger partial charge on any atom is 0.363 e. The number of hydrogen-bond donors (Lipinski definition) is 0. The van der Waals surface area contributed by atoms with Crippen molar-refractivity contribution in [3.8, 4) is 0 Å². The summed E-state index contributed by atoms with van der Waals surface area (Å²) in [5.74, 6) is -12.7. The van der Waals surface area contributed by atoms with E-state index in [2.05, 4.69) is 0 Å². The maximum atomic E-state index is 11.9. The molecule has 0 saturated heterocycles. The number of halogens is 6. The highest BCUT2D eigenvalue weighted by Crippen LogP contribution is 2.39. The fourth-order valence-corrected chi connectivity index (χ4v) is 0.252.